The number of carbonyl (C=O) groups is 2. The molecular weight excluding hydrogens is 365 g/mol. The Kier molecular flexibility index (Phi) is 5.56. The molecule has 0 saturated carbocycles. The Morgan fingerprint density at radius 3 is 2.57 bits per heavy atom. The molecule has 1 atom stereocenters. The van der Waals surface area contributed by atoms with E-state index in [1.165, 1.54) is 19.2 Å². The summed E-state index contributed by atoms with van der Waals surface area (Å²) in [5.74, 6) is -1.61. The van der Waals surface area contributed by atoms with Crippen molar-refractivity contribution in [2.75, 3.05) is 20.3 Å². The van der Waals surface area contributed by atoms with Crippen LogP contribution >= 0.6 is 0 Å². The van der Waals surface area contributed by atoms with Gasteiger partial charge in [0.15, 0.2) is 5.78 Å². The fourth-order valence-corrected chi connectivity index (χ4v) is 3.67. The van der Waals surface area contributed by atoms with E-state index in [4.69, 9.17) is 19.9 Å². The van der Waals surface area contributed by atoms with E-state index >= 15 is 0 Å². The van der Waals surface area contributed by atoms with Gasteiger partial charge in [0.1, 0.15) is 23.8 Å². The average Bonchev–Trinajstić information content (AvgIpc) is 2.60. The first-order valence-corrected chi connectivity index (χ1v) is 9.09. The molecule has 0 bridgehead atoms. The van der Waals surface area contributed by atoms with E-state index in [-0.39, 0.29) is 35.9 Å². The molecular formula is C21H24FNO5. The Bertz CT molecular complexity index is 854. The minimum absolute atomic E-state index is 0.0368. The van der Waals surface area contributed by atoms with E-state index in [2.05, 4.69) is 0 Å². The molecule has 28 heavy (non-hydrogen) atoms. The molecule has 7 heteroatoms. The molecule has 0 unspecified atom stereocenters. The Balaban J connectivity index is 2.07. The summed E-state index contributed by atoms with van der Waals surface area (Å²) in [7, 11) is 1.49. The molecule has 6 nitrogen and oxygen atoms in total. The number of Topliss-reactive ketones (excluding diaryl/α,β-unsaturated/α-hetero) is 1. The van der Waals surface area contributed by atoms with Crippen molar-refractivity contribution in [3.63, 3.8) is 0 Å². The highest BCUT2D eigenvalue weighted by Crippen LogP contribution is 2.48. The van der Waals surface area contributed by atoms with Crippen molar-refractivity contribution < 1.29 is 28.2 Å². The van der Waals surface area contributed by atoms with Gasteiger partial charge in [0.05, 0.1) is 12.5 Å². The Morgan fingerprint density at radius 1 is 1.25 bits per heavy atom. The van der Waals surface area contributed by atoms with Crippen molar-refractivity contribution in [3.05, 3.63) is 58.4 Å². The van der Waals surface area contributed by atoms with Crippen LogP contribution in [0.4, 0.5) is 4.39 Å². The maximum absolute atomic E-state index is 13.5. The zero-order valence-electron chi connectivity index (χ0n) is 16.2. The van der Waals surface area contributed by atoms with Gasteiger partial charge < -0.3 is 19.9 Å². The van der Waals surface area contributed by atoms with Crippen molar-refractivity contribution in [2.45, 2.75) is 32.6 Å². The van der Waals surface area contributed by atoms with Gasteiger partial charge in [-0.25, -0.2) is 9.18 Å². The SMILES string of the molecule is COCCOC(=O)C1=C(N)OC2=C(C(=O)CC(C)(C)C2)[C@H]1c1ccc(F)cc1. The lowest BCUT2D eigenvalue weighted by atomic mass is 9.70. The third kappa shape index (κ3) is 3.94. The van der Waals surface area contributed by atoms with E-state index in [1.54, 1.807) is 12.1 Å². The van der Waals surface area contributed by atoms with Crippen LogP contribution in [0.1, 0.15) is 38.2 Å². The number of rotatable bonds is 5. The number of carbonyl (C=O) groups excluding carboxylic acids is 2. The van der Waals surface area contributed by atoms with Crippen LogP contribution < -0.4 is 5.73 Å². The van der Waals surface area contributed by atoms with Gasteiger partial charge >= 0.3 is 5.97 Å². The second-order valence-corrected chi connectivity index (χ2v) is 7.77. The molecule has 0 spiro atoms. The third-order valence-electron chi connectivity index (χ3n) is 4.90. The number of ketones is 1. The highest BCUT2D eigenvalue weighted by molar-refractivity contribution is 6.03. The fourth-order valence-electron chi connectivity index (χ4n) is 3.67. The van der Waals surface area contributed by atoms with Crippen LogP contribution in [0, 0.1) is 11.2 Å². The molecule has 1 aliphatic heterocycles. The number of ether oxygens (including phenoxy) is 3. The average molecular weight is 389 g/mol. The van der Waals surface area contributed by atoms with Crippen LogP contribution in [-0.4, -0.2) is 32.1 Å². The molecule has 0 amide bonds. The minimum Gasteiger partial charge on any atom is -0.460 e. The summed E-state index contributed by atoms with van der Waals surface area (Å²) < 4.78 is 29.3. The van der Waals surface area contributed by atoms with E-state index in [1.807, 2.05) is 13.8 Å². The summed E-state index contributed by atoms with van der Waals surface area (Å²) >= 11 is 0. The molecule has 2 N–H and O–H groups in total. The smallest absolute Gasteiger partial charge is 0.340 e. The second-order valence-electron chi connectivity index (χ2n) is 7.77. The van der Waals surface area contributed by atoms with Crippen molar-refractivity contribution in [1.82, 2.24) is 0 Å². The Hall–Kier alpha value is -2.67. The number of benzene rings is 1. The number of hydrogen-bond acceptors (Lipinski definition) is 6. The first-order valence-electron chi connectivity index (χ1n) is 9.09. The summed E-state index contributed by atoms with van der Waals surface area (Å²) in [4.78, 5) is 25.7. The van der Waals surface area contributed by atoms with Crippen LogP contribution in [0.15, 0.2) is 47.1 Å². The highest BCUT2D eigenvalue weighted by Gasteiger charge is 2.45. The normalized spacial score (nSPS) is 21.3. The van der Waals surface area contributed by atoms with Gasteiger partial charge in [0.25, 0.3) is 0 Å². The minimum atomic E-state index is -0.761. The molecule has 1 aromatic carbocycles. The summed E-state index contributed by atoms with van der Waals surface area (Å²) in [6.45, 7) is 4.20. The van der Waals surface area contributed by atoms with Gasteiger partial charge in [-0.1, -0.05) is 26.0 Å². The number of allylic oxidation sites excluding steroid dienone is 2. The largest absolute Gasteiger partial charge is 0.460 e. The van der Waals surface area contributed by atoms with Gasteiger partial charge in [-0.05, 0) is 23.1 Å². The predicted molar refractivity (Wildman–Crippen MR) is 99.3 cm³/mol. The first-order chi connectivity index (χ1) is 13.2. The topological polar surface area (TPSA) is 87.8 Å². The molecule has 0 saturated heterocycles. The Morgan fingerprint density at radius 2 is 1.93 bits per heavy atom. The number of nitrogens with two attached hydrogens (primary N) is 1. The van der Waals surface area contributed by atoms with E-state index < -0.39 is 17.7 Å². The van der Waals surface area contributed by atoms with Crippen LogP contribution in [0.5, 0.6) is 0 Å². The number of hydrogen-bond donors (Lipinski definition) is 1. The predicted octanol–water partition coefficient (Wildman–Crippen LogP) is 2.94. The molecule has 0 radical (unpaired) electrons. The van der Waals surface area contributed by atoms with E-state index in [9.17, 15) is 14.0 Å². The zero-order valence-corrected chi connectivity index (χ0v) is 16.2. The van der Waals surface area contributed by atoms with Gasteiger partial charge in [-0.15, -0.1) is 0 Å². The molecule has 0 aromatic heterocycles. The highest BCUT2D eigenvalue weighted by atomic mass is 19.1. The van der Waals surface area contributed by atoms with Crippen LogP contribution in [0.3, 0.4) is 0 Å². The van der Waals surface area contributed by atoms with Gasteiger partial charge in [0, 0.05) is 25.5 Å². The van der Waals surface area contributed by atoms with Gasteiger partial charge in [0.2, 0.25) is 5.88 Å². The maximum atomic E-state index is 13.5. The van der Waals surface area contributed by atoms with Crippen molar-refractivity contribution >= 4 is 11.8 Å². The standard InChI is InChI=1S/C21H24FNO5/c1-21(2)10-14(24)17-15(11-21)28-19(23)18(20(25)27-9-8-26-3)16(17)12-4-6-13(22)7-5-12/h4-7,16H,8-11,23H2,1-3H3/t16-/m1/s1. The lowest BCUT2D eigenvalue weighted by Crippen LogP contribution is -2.35. The summed E-state index contributed by atoms with van der Waals surface area (Å²) in [6.07, 6.45) is 0.831. The third-order valence-corrected chi connectivity index (χ3v) is 4.90. The van der Waals surface area contributed by atoms with Crippen LogP contribution in [0.2, 0.25) is 0 Å². The van der Waals surface area contributed by atoms with Crippen molar-refractivity contribution in [1.29, 1.82) is 0 Å². The molecule has 2 aliphatic rings. The lowest BCUT2D eigenvalue weighted by Gasteiger charge is -2.37. The maximum Gasteiger partial charge on any atom is 0.340 e. The summed E-state index contributed by atoms with van der Waals surface area (Å²) in [5, 5.41) is 0. The number of methoxy groups -OCH3 is 1. The zero-order chi connectivity index (χ0) is 20.5. The lowest BCUT2D eigenvalue weighted by molar-refractivity contribution is -0.140. The Labute approximate surface area is 163 Å². The molecule has 1 aromatic rings. The summed E-state index contributed by atoms with van der Waals surface area (Å²) in [5.41, 5.74) is 6.82. The van der Waals surface area contributed by atoms with E-state index in [0.717, 1.165) is 0 Å². The molecule has 0 fully saturated rings. The van der Waals surface area contributed by atoms with Crippen molar-refractivity contribution in [3.8, 4) is 0 Å². The quantitative estimate of drug-likeness (QED) is 0.615. The molecule has 1 heterocycles. The van der Waals surface area contributed by atoms with Gasteiger partial charge in [-0.2, -0.15) is 0 Å². The van der Waals surface area contributed by atoms with Crippen molar-refractivity contribution in [2.24, 2.45) is 11.1 Å². The van der Waals surface area contributed by atoms with Crippen LogP contribution in [0.25, 0.3) is 0 Å². The molecule has 1 aliphatic carbocycles. The molecule has 150 valence electrons. The van der Waals surface area contributed by atoms with Gasteiger partial charge in [-0.3, -0.25) is 4.79 Å². The molecule has 3 rings (SSSR count). The number of esters is 1. The first kappa shape index (κ1) is 20.1. The van der Waals surface area contributed by atoms with E-state index in [0.29, 0.717) is 29.7 Å². The van der Waals surface area contributed by atoms with Crippen LogP contribution in [-0.2, 0) is 23.8 Å². The monoisotopic (exact) mass is 389 g/mol. The summed E-state index contributed by atoms with van der Waals surface area (Å²) in [6, 6.07) is 5.65. The second kappa shape index (κ2) is 7.75. The fraction of sp³-hybridized carbons (Fsp3) is 0.429. The number of halogens is 1.